The van der Waals surface area contributed by atoms with E-state index in [1.54, 1.807) is 0 Å². The first kappa shape index (κ1) is 16.3. The molecule has 4 heteroatoms. The summed E-state index contributed by atoms with van der Waals surface area (Å²) in [5.41, 5.74) is 4.17. The smallest absolute Gasteiger partial charge is 0.120 e. The number of nitrogens with one attached hydrogen (secondary N) is 1. The predicted molar refractivity (Wildman–Crippen MR) is 87.2 cm³/mol. The first-order valence-electron chi connectivity index (χ1n) is 7.93. The zero-order valence-electron chi connectivity index (χ0n) is 13.7. The van der Waals surface area contributed by atoms with Crippen LogP contribution in [0.3, 0.4) is 0 Å². The minimum Gasteiger partial charge on any atom is -0.491 e. The van der Waals surface area contributed by atoms with Crippen molar-refractivity contribution in [3.8, 4) is 5.75 Å². The zero-order chi connectivity index (χ0) is 15.5. The van der Waals surface area contributed by atoms with Crippen LogP contribution < -0.4 is 16.0 Å². The van der Waals surface area contributed by atoms with Crippen molar-refractivity contribution in [2.75, 3.05) is 13.1 Å². The van der Waals surface area contributed by atoms with E-state index in [1.807, 2.05) is 26.0 Å². The van der Waals surface area contributed by atoms with Gasteiger partial charge in [-0.05, 0) is 71.3 Å². The molecule has 0 aromatic heterocycles. The van der Waals surface area contributed by atoms with E-state index in [4.69, 9.17) is 10.6 Å². The average Bonchev–Trinajstić information content (AvgIpc) is 2.93. The molecule has 1 aliphatic rings. The van der Waals surface area contributed by atoms with Crippen molar-refractivity contribution in [2.24, 2.45) is 5.84 Å². The predicted octanol–water partition coefficient (Wildman–Crippen LogP) is 2.85. The SMILES string of the molecule is CC(C)Oc1cccc(C(NN)C(C)(C)N2CCCC2)c1. The molecule has 0 radical (unpaired) electrons. The Balaban J connectivity index is 2.23. The highest BCUT2D eigenvalue weighted by Crippen LogP contribution is 2.34. The molecule has 2 rings (SSSR count). The summed E-state index contributed by atoms with van der Waals surface area (Å²) >= 11 is 0. The summed E-state index contributed by atoms with van der Waals surface area (Å²) in [5, 5.41) is 0. The summed E-state index contributed by atoms with van der Waals surface area (Å²) in [7, 11) is 0. The van der Waals surface area contributed by atoms with Gasteiger partial charge in [-0.1, -0.05) is 12.1 Å². The monoisotopic (exact) mass is 291 g/mol. The van der Waals surface area contributed by atoms with Gasteiger partial charge in [0.05, 0.1) is 12.1 Å². The number of nitrogens with zero attached hydrogens (tertiary/aromatic N) is 1. The van der Waals surface area contributed by atoms with E-state index < -0.39 is 0 Å². The fraction of sp³-hybridized carbons (Fsp3) is 0.647. The Bertz CT molecular complexity index is 453. The standard InChI is InChI=1S/C17H29N3O/c1-13(2)21-15-9-7-8-14(12-15)16(19-18)17(3,4)20-10-5-6-11-20/h7-9,12-13,16,19H,5-6,10-11,18H2,1-4H3. The number of benzene rings is 1. The molecule has 1 unspecified atom stereocenters. The van der Waals surface area contributed by atoms with Crippen LogP contribution >= 0.6 is 0 Å². The molecule has 1 aliphatic heterocycles. The topological polar surface area (TPSA) is 50.5 Å². The second kappa shape index (κ2) is 6.77. The fourth-order valence-electron chi connectivity index (χ4n) is 3.22. The van der Waals surface area contributed by atoms with Crippen LogP contribution in [0, 0.1) is 0 Å². The van der Waals surface area contributed by atoms with Crippen LogP contribution in [-0.4, -0.2) is 29.6 Å². The third-order valence-electron chi connectivity index (χ3n) is 4.36. The van der Waals surface area contributed by atoms with Gasteiger partial charge in [0, 0.05) is 5.54 Å². The lowest BCUT2D eigenvalue weighted by Gasteiger charge is -2.42. The maximum Gasteiger partial charge on any atom is 0.120 e. The Morgan fingerprint density at radius 3 is 2.48 bits per heavy atom. The molecule has 0 spiro atoms. The lowest BCUT2D eigenvalue weighted by Crippen LogP contribution is -2.53. The largest absolute Gasteiger partial charge is 0.491 e. The molecule has 1 aromatic rings. The van der Waals surface area contributed by atoms with Crippen molar-refractivity contribution in [2.45, 2.75) is 58.2 Å². The molecule has 1 saturated heterocycles. The van der Waals surface area contributed by atoms with E-state index in [2.05, 4.69) is 36.3 Å². The Hall–Kier alpha value is -1.10. The Kier molecular flexibility index (Phi) is 5.25. The van der Waals surface area contributed by atoms with Gasteiger partial charge in [-0.2, -0.15) is 0 Å². The second-order valence-electron chi connectivity index (χ2n) is 6.69. The van der Waals surface area contributed by atoms with E-state index in [1.165, 1.54) is 18.4 Å². The van der Waals surface area contributed by atoms with Crippen LogP contribution in [0.1, 0.15) is 52.1 Å². The molecular weight excluding hydrogens is 262 g/mol. The first-order chi connectivity index (χ1) is 9.95. The van der Waals surface area contributed by atoms with Crippen molar-refractivity contribution in [3.63, 3.8) is 0 Å². The molecule has 1 fully saturated rings. The quantitative estimate of drug-likeness (QED) is 0.625. The van der Waals surface area contributed by atoms with Gasteiger partial charge < -0.3 is 4.74 Å². The number of ether oxygens (including phenoxy) is 1. The van der Waals surface area contributed by atoms with E-state index in [-0.39, 0.29) is 17.7 Å². The molecule has 0 aliphatic carbocycles. The van der Waals surface area contributed by atoms with Gasteiger partial charge in [0.1, 0.15) is 5.75 Å². The Labute approximate surface area is 128 Å². The summed E-state index contributed by atoms with van der Waals surface area (Å²) in [5.74, 6) is 6.80. The average molecular weight is 291 g/mol. The van der Waals surface area contributed by atoms with Crippen molar-refractivity contribution in [3.05, 3.63) is 29.8 Å². The number of hydrogen-bond donors (Lipinski definition) is 2. The molecule has 0 amide bonds. The molecular formula is C17H29N3O. The molecule has 1 aromatic carbocycles. The number of hydrazine groups is 1. The Morgan fingerprint density at radius 1 is 1.24 bits per heavy atom. The molecule has 0 bridgehead atoms. The summed E-state index contributed by atoms with van der Waals surface area (Å²) in [6, 6.07) is 8.33. The van der Waals surface area contributed by atoms with Crippen molar-refractivity contribution < 1.29 is 4.74 Å². The summed E-state index contributed by atoms with van der Waals surface area (Å²) in [6.07, 6.45) is 2.73. The normalized spacial score (nSPS) is 18.2. The number of hydrogen-bond acceptors (Lipinski definition) is 4. The van der Waals surface area contributed by atoms with Crippen LogP contribution in [0.25, 0.3) is 0 Å². The number of rotatable bonds is 6. The zero-order valence-corrected chi connectivity index (χ0v) is 13.7. The molecule has 1 heterocycles. The van der Waals surface area contributed by atoms with Crippen LogP contribution in [0.15, 0.2) is 24.3 Å². The minimum absolute atomic E-state index is 0.0261. The maximum atomic E-state index is 5.89. The van der Waals surface area contributed by atoms with E-state index >= 15 is 0 Å². The number of nitrogens with two attached hydrogens (primary N) is 1. The molecule has 0 saturated carbocycles. The van der Waals surface area contributed by atoms with Crippen LogP contribution in [0.4, 0.5) is 0 Å². The fourth-order valence-corrected chi connectivity index (χ4v) is 3.22. The molecule has 118 valence electrons. The van der Waals surface area contributed by atoms with E-state index in [0.717, 1.165) is 18.8 Å². The second-order valence-corrected chi connectivity index (χ2v) is 6.69. The molecule has 4 nitrogen and oxygen atoms in total. The van der Waals surface area contributed by atoms with Gasteiger partial charge in [0.15, 0.2) is 0 Å². The lowest BCUT2D eigenvalue weighted by atomic mass is 9.87. The van der Waals surface area contributed by atoms with Crippen LogP contribution in [0.5, 0.6) is 5.75 Å². The van der Waals surface area contributed by atoms with Crippen molar-refractivity contribution in [1.29, 1.82) is 0 Å². The van der Waals surface area contributed by atoms with Gasteiger partial charge >= 0.3 is 0 Å². The van der Waals surface area contributed by atoms with E-state index in [0.29, 0.717) is 0 Å². The molecule has 1 atom stereocenters. The highest BCUT2D eigenvalue weighted by atomic mass is 16.5. The summed E-state index contributed by atoms with van der Waals surface area (Å²) in [6.45, 7) is 10.9. The molecule has 21 heavy (non-hydrogen) atoms. The van der Waals surface area contributed by atoms with Gasteiger partial charge in [0.2, 0.25) is 0 Å². The lowest BCUT2D eigenvalue weighted by molar-refractivity contribution is 0.107. The van der Waals surface area contributed by atoms with Crippen molar-refractivity contribution in [1.82, 2.24) is 10.3 Å². The third-order valence-corrected chi connectivity index (χ3v) is 4.36. The highest BCUT2D eigenvalue weighted by Gasteiger charge is 2.37. The number of likely N-dealkylation sites (tertiary alicyclic amines) is 1. The van der Waals surface area contributed by atoms with Gasteiger partial charge in [-0.15, -0.1) is 0 Å². The molecule has 3 N–H and O–H groups in total. The van der Waals surface area contributed by atoms with Gasteiger partial charge in [-0.3, -0.25) is 16.2 Å². The van der Waals surface area contributed by atoms with Crippen LogP contribution in [-0.2, 0) is 0 Å². The minimum atomic E-state index is -0.0261. The van der Waals surface area contributed by atoms with Crippen molar-refractivity contribution >= 4 is 0 Å². The summed E-state index contributed by atoms with van der Waals surface area (Å²) in [4.78, 5) is 2.52. The van der Waals surface area contributed by atoms with Gasteiger partial charge in [0.25, 0.3) is 0 Å². The Morgan fingerprint density at radius 2 is 1.90 bits per heavy atom. The van der Waals surface area contributed by atoms with E-state index in [9.17, 15) is 0 Å². The van der Waals surface area contributed by atoms with Crippen LogP contribution in [0.2, 0.25) is 0 Å². The highest BCUT2D eigenvalue weighted by molar-refractivity contribution is 5.32. The van der Waals surface area contributed by atoms with Gasteiger partial charge in [-0.25, -0.2) is 0 Å². The maximum absolute atomic E-state index is 5.89. The first-order valence-corrected chi connectivity index (χ1v) is 7.93. The third kappa shape index (κ3) is 3.76. The summed E-state index contributed by atoms with van der Waals surface area (Å²) < 4.78 is 5.81.